The lowest BCUT2D eigenvalue weighted by Crippen LogP contribution is -2.44. The minimum atomic E-state index is -0.0642. The van der Waals surface area contributed by atoms with Crippen molar-refractivity contribution in [3.63, 3.8) is 0 Å². The van der Waals surface area contributed by atoms with Gasteiger partial charge in [0.25, 0.3) is 0 Å². The summed E-state index contributed by atoms with van der Waals surface area (Å²) in [6, 6.07) is 1.98. The maximum atomic E-state index is 11.8. The molecule has 1 saturated heterocycles. The summed E-state index contributed by atoms with van der Waals surface area (Å²) in [4.78, 5) is 25.6. The monoisotopic (exact) mass is 378 g/mol. The van der Waals surface area contributed by atoms with E-state index in [1.165, 1.54) is 44.5 Å². The second kappa shape index (κ2) is 8.03. The Morgan fingerprint density at radius 2 is 2.14 bits per heavy atom. The Balaban J connectivity index is 1.55. The lowest BCUT2D eigenvalue weighted by Gasteiger charge is -2.25. The maximum Gasteiger partial charge on any atom is 0.246 e. The predicted molar refractivity (Wildman–Crippen MR) is 109 cm³/mol. The van der Waals surface area contributed by atoms with Gasteiger partial charge in [-0.2, -0.15) is 0 Å². The minimum Gasteiger partial charge on any atom is -0.337 e. The molecule has 2 aromatic rings. The number of hydrogen-bond donors (Lipinski definition) is 2. The molecular weight excluding hydrogens is 352 g/mol. The summed E-state index contributed by atoms with van der Waals surface area (Å²) < 4.78 is 0. The van der Waals surface area contributed by atoms with E-state index in [4.69, 9.17) is 5.84 Å². The van der Waals surface area contributed by atoms with Gasteiger partial charge in [0.1, 0.15) is 12.0 Å². The molecule has 1 saturated carbocycles. The fourth-order valence-electron chi connectivity index (χ4n) is 4.10. The van der Waals surface area contributed by atoms with E-state index in [0.29, 0.717) is 24.8 Å². The molecule has 0 radical (unpaired) electrons. The molecule has 0 aromatic carbocycles. The van der Waals surface area contributed by atoms with Gasteiger partial charge in [0.2, 0.25) is 5.91 Å². The lowest BCUT2D eigenvalue weighted by molar-refractivity contribution is -0.125. The zero-order valence-corrected chi connectivity index (χ0v) is 16.0. The smallest absolute Gasteiger partial charge is 0.246 e. The summed E-state index contributed by atoms with van der Waals surface area (Å²) in [5.41, 5.74) is 1.57. The van der Waals surface area contributed by atoms with Crippen molar-refractivity contribution in [2.45, 2.75) is 44.6 Å². The number of nitrogens with zero attached hydrogens (tertiary/aromatic N) is 4. The first-order valence-corrected chi connectivity index (χ1v) is 9.96. The van der Waals surface area contributed by atoms with Crippen molar-refractivity contribution in [1.82, 2.24) is 19.9 Å². The second-order valence-corrected chi connectivity index (χ2v) is 7.58. The van der Waals surface area contributed by atoms with Gasteiger partial charge in [-0.25, -0.2) is 15.8 Å². The number of H-pyrrole nitrogens is 1. The molecule has 0 bridgehead atoms. The van der Waals surface area contributed by atoms with Crippen LogP contribution in [0.15, 0.2) is 25.0 Å². The number of fused-ring (bicyclic) bond motifs is 1. The molecule has 3 N–H and O–H groups in total. The fraction of sp³-hybridized carbons (Fsp3) is 0.476. The molecule has 1 aliphatic carbocycles. The average Bonchev–Trinajstić information content (AvgIpc) is 3.38. The number of rotatable bonds is 3. The summed E-state index contributed by atoms with van der Waals surface area (Å²) >= 11 is 0. The zero-order chi connectivity index (χ0) is 19.5. The number of carbonyl (C=O) groups is 1. The van der Waals surface area contributed by atoms with Gasteiger partial charge >= 0.3 is 0 Å². The Kier molecular flexibility index (Phi) is 5.31. The molecule has 0 spiro atoms. The molecule has 1 atom stereocenters. The summed E-state index contributed by atoms with van der Waals surface area (Å²) in [7, 11) is 0. The molecule has 146 valence electrons. The molecule has 0 unspecified atom stereocenters. The van der Waals surface area contributed by atoms with Crippen molar-refractivity contribution in [1.29, 1.82) is 0 Å². The van der Waals surface area contributed by atoms with Crippen molar-refractivity contribution >= 4 is 22.8 Å². The zero-order valence-electron chi connectivity index (χ0n) is 16.0. The molecule has 28 heavy (non-hydrogen) atoms. The Bertz CT molecular complexity index is 933. The quantitative estimate of drug-likeness (QED) is 0.370. The van der Waals surface area contributed by atoms with Crippen LogP contribution in [-0.4, -0.2) is 44.9 Å². The number of amides is 1. The SMILES string of the molecule is C=CC(=O)N1CC[C@@H](N(N)c2ncnc3[nH]c(C#CC4CCCCC4)cc23)C1. The largest absolute Gasteiger partial charge is 0.337 e. The molecule has 2 fully saturated rings. The highest BCUT2D eigenvalue weighted by Gasteiger charge is 2.30. The van der Waals surface area contributed by atoms with Gasteiger partial charge in [-0.05, 0) is 37.3 Å². The van der Waals surface area contributed by atoms with Crippen LogP contribution >= 0.6 is 0 Å². The Morgan fingerprint density at radius 3 is 2.93 bits per heavy atom. The van der Waals surface area contributed by atoms with Gasteiger partial charge in [0, 0.05) is 19.0 Å². The number of likely N-dealkylation sites (tertiary alicyclic amines) is 1. The highest BCUT2D eigenvalue weighted by atomic mass is 16.2. The molecule has 4 rings (SSSR count). The highest BCUT2D eigenvalue weighted by Crippen LogP contribution is 2.26. The number of hydrogen-bond acceptors (Lipinski definition) is 5. The molecule has 1 amide bonds. The van der Waals surface area contributed by atoms with E-state index in [2.05, 4.69) is 33.4 Å². The number of hydrazine groups is 1. The summed E-state index contributed by atoms with van der Waals surface area (Å²) in [6.45, 7) is 4.78. The average molecular weight is 378 g/mol. The number of carbonyl (C=O) groups excluding carboxylic acids is 1. The van der Waals surface area contributed by atoms with E-state index in [0.717, 1.165) is 23.1 Å². The Labute approximate surface area is 165 Å². The molecule has 2 aliphatic rings. The van der Waals surface area contributed by atoms with Crippen molar-refractivity contribution < 1.29 is 4.79 Å². The van der Waals surface area contributed by atoms with Crippen molar-refractivity contribution in [2.75, 3.05) is 18.1 Å². The first kappa shape index (κ1) is 18.5. The van der Waals surface area contributed by atoms with Gasteiger partial charge in [-0.1, -0.05) is 31.8 Å². The molecule has 2 aromatic heterocycles. The standard InChI is InChI=1S/C21H26N6O/c1-2-19(28)26-11-10-17(13-26)27(22)21-18-12-16(25-20(18)23-14-24-21)9-8-15-6-4-3-5-7-15/h2,12,14-15,17H,1,3-7,10-11,13,22H2,(H,23,24,25)/t17-/m1/s1. The van der Waals surface area contributed by atoms with Gasteiger partial charge in [-0.15, -0.1) is 0 Å². The third kappa shape index (κ3) is 3.73. The van der Waals surface area contributed by atoms with Crippen LogP contribution in [0.4, 0.5) is 5.82 Å². The normalized spacial score (nSPS) is 20.0. The number of anilines is 1. The summed E-state index contributed by atoms with van der Waals surface area (Å²) in [5, 5.41) is 2.51. The number of aromatic nitrogens is 3. The molecule has 7 heteroatoms. The van der Waals surface area contributed by atoms with Crippen molar-refractivity contribution in [3.05, 3.63) is 30.7 Å². The van der Waals surface area contributed by atoms with E-state index >= 15 is 0 Å². The van der Waals surface area contributed by atoms with Crippen LogP contribution in [0.1, 0.15) is 44.2 Å². The topological polar surface area (TPSA) is 91.1 Å². The first-order valence-electron chi connectivity index (χ1n) is 9.96. The predicted octanol–water partition coefficient (Wildman–Crippen LogP) is 2.36. The number of aromatic amines is 1. The van der Waals surface area contributed by atoms with Crippen LogP contribution in [0.5, 0.6) is 0 Å². The third-order valence-corrected chi connectivity index (χ3v) is 5.71. The minimum absolute atomic E-state index is 0.00803. The maximum absolute atomic E-state index is 11.8. The fourth-order valence-corrected chi connectivity index (χ4v) is 4.10. The van der Waals surface area contributed by atoms with E-state index in [9.17, 15) is 4.79 Å². The van der Waals surface area contributed by atoms with Crippen molar-refractivity contribution in [2.24, 2.45) is 11.8 Å². The molecule has 3 heterocycles. The van der Waals surface area contributed by atoms with Crippen LogP contribution in [0.25, 0.3) is 11.0 Å². The lowest BCUT2D eigenvalue weighted by atomic mass is 9.90. The van der Waals surface area contributed by atoms with Crippen LogP contribution < -0.4 is 10.9 Å². The van der Waals surface area contributed by atoms with E-state index in [1.807, 2.05) is 6.07 Å². The number of nitrogens with one attached hydrogen (secondary N) is 1. The first-order chi connectivity index (χ1) is 13.7. The van der Waals surface area contributed by atoms with Gasteiger partial charge < -0.3 is 9.88 Å². The van der Waals surface area contributed by atoms with Gasteiger partial charge in [-0.3, -0.25) is 9.80 Å². The number of nitrogens with two attached hydrogens (primary N) is 1. The Hall–Kier alpha value is -2.85. The van der Waals surface area contributed by atoms with E-state index in [1.54, 1.807) is 9.91 Å². The molecular formula is C21H26N6O. The Morgan fingerprint density at radius 1 is 1.32 bits per heavy atom. The van der Waals surface area contributed by atoms with Crippen LogP contribution in [0.3, 0.4) is 0 Å². The highest BCUT2D eigenvalue weighted by molar-refractivity contribution is 5.89. The van der Waals surface area contributed by atoms with E-state index in [-0.39, 0.29) is 11.9 Å². The van der Waals surface area contributed by atoms with Crippen molar-refractivity contribution in [3.8, 4) is 11.8 Å². The molecule has 7 nitrogen and oxygen atoms in total. The molecule has 1 aliphatic heterocycles. The summed E-state index contributed by atoms with van der Waals surface area (Å²) in [5.74, 6) is 14.2. The van der Waals surface area contributed by atoms with Crippen LogP contribution in [0.2, 0.25) is 0 Å². The van der Waals surface area contributed by atoms with E-state index < -0.39 is 0 Å². The van der Waals surface area contributed by atoms with Gasteiger partial charge in [0.15, 0.2) is 5.82 Å². The van der Waals surface area contributed by atoms with Crippen LogP contribution in [-0.2, 0) is 4.79 Å². The summed E-state index contributed by atoms with van der Waals surface area (Å²) in [6.07, 6.45) is 9.90. The third-order valence-electron chi connectivity index (χ3n) is 5.71. The second-order valence-electron chi connectivity index (χ2n) is 7.58. The van der Waals surface area contributed by atoms with Gasteiger partial charge in [0.05, 0.1) is 17.1 Å². The van der Waals surface area contributed by atoms with Crippen LogP contribution in [0, 0.1) is 17.8 Å².